The number of aromatic amines is 1. The molecule has 0 spiro atoms. The number of ether oxygens (including phenoxy) is 1. The molecule has 0 radical (unpaired) electrons. The van der Waals surface area contributed by atoms with Crippen molar-refractivity contribution in [2.45, 2.75) is 19.1 Å². The van der Waals surface area contributed by atoms with Gasteiger partial charge in [-0.25, -0.2) is 4.79 Å². The summed E-state index contributed by atoms with van der Waals surface area (Å²) in [6.07, 6.45) is -0.788. The molecule has 2 atom stereocenters. The first-order valence-corrected chi connectivity index (χ1v) is 6.59. The second-order valence-corrected chi connectivity index (χ2v) is 5.13. The van der Waals surface area contributed by atoms with Gasteiger partial charge >= 0.3 is 5.69 Å². The zero-order chi connectivity index (χ0) is 16.3. The molecule has 0 bridgehead atoms. The highest BCUT2D eigenvalue weighted by Crippen LogP contribution is 2.46. The number of hydrogen-bond acceptors (Lipinski definition) is 5. The molecular weight excluding hydrogens is 302 g/mol. The second-order valence-electron chi connectivity index (χ2n) is 5.13. The van der Waals surface area contributed by atoms with Crippen LogP contribution in [-0.4, -0.2) is 39.7 Å². The van der Waals surface area contributed by atoms with Crippen molar-refractivity contribution in [1.82, 2.24) is 9.55 Å². The zero-order valence-corrected chi connectivity index (χ0v) is 11.6. The van der Waals surface area contributed by atoms with E-state index < -0.39 is 42.8 Å². The predicted octanol–water partition coefficient (Wildman–Crippen LogP) is 0.533. The third kappa shape index (κ3) is 2.76. The molecule has 0 saturated carbocycles. The number of rotatable bonds is 5. The highest BCUT2D eigenvalue weighted by atomic mass is 19.1. The molecule has 1 aromatic heterocycles. The van der Waals surface area contributed by atoms with Crippen molar-refractivity contribution < 1.29 is 23.7 Å². The van der Waals surface area contributed by atoms with Crippen molar-refractivity contribution in [3.05, 3.63) is 44.6 Å². The van der Waals surface area contributed by atoms with Gasteiger partial charge in [-0.1, -0.05) is 0 Å². The quantitative estimate of drug-likeness (QED) is 0.735. The molecule has 1 aliphatic heterocycles. The maximum absolute atomic E-state index is 13.6. The minimum Gasteiger partial charge on any atom is -0.509 e. The van der Waals surface area contributed by atoms with Crippen molar-refractivity contribution in [2.75, 3.05) is 20.0 Å². The Balaban J connectivity index is 2.57. The van der Waals surface area contributed by atoms with Crippen molar-refractivity contribution in [3.63, 3.8) is 0 Å². The van der Waals surface area contributed by atoms with E-state index in [-0.39, 0.29) is 24.4 Å². The summed E-state index contributed by atoms with van der Waals surface area (Å²) in [7, 11) is 0. The summed E-state index contributed by atoms with van der Waals surface area (Å²) < 4.78 is 32.7. The van der Waals surface area contributed by atoms with Crippen molar-refractivity contribution in [1.29, 1.82) is 0 Å². The Hall–Kier alpha value is -2.16. The van der Waals surface area contributed by atoms with Crippen LogP contribution in [0.15, 0.2) is 33.4 Å². The van der Waals surface area contributed by atoms with Crippen LogP contribution in [0.3, 0.4) is 0 Å². The third-order valence-corrected chi connectivity index (χ3v) is 3.73. The minimum atomic E-state index is -1.51. The number of aromatic nitrogens is 2. The lowest BCUT2D eigenvalue weighted by Crippen LogP contribution is -2.45. The Bertz CT molecular complexity index is 683. The third-order valence-electron chi connectivity index (χ3n) is 3.73. The fourth-order valence-corrected chi connectivity index (χ4v) is 2.52. The standard InChI is InChI=1S/C13H16F2N2O5/c14-3-2-13(7-15)5-8(19)9(6-18)22-11(13)17-4-1-10(20)16-12(17)21/h1,4,11,18-19H,2-3,5-7H2,(H,16,20,21)/t11-,13?/m1/s1. The smallest absolute Gasteiger partial charge is 0.331 e. The van der Waals surface area contributed by atoms with Crippen molar-refractivity contribution in [2.24, 2.45) is 5.41 Å². The fraction of sp³-hybridized carbons (Fsp3) is 0.538. The first-order valence-electron chi connectivity index (χ1n) is 6.59. The highest BCUT2D eigenvalue weighted by Gasteiger charge is 2.47. The molecule has 22 heavy (non-hydrogen) atoms. The Morgan fingerprint density at radius 3 is 2.73 bits per heavy atom. The van der Waals surface area contributed by atoms with Crippen molar-refractivity contribution in [3.8, 4) is 0 Å². The van der Waals surface area contributed by atoms with E-state index in [0.29, 0.717) is 0 Å². The molecule has 7 nitrogen and oxygen atoms in total. The van der Waals surface area contributed by atoms with Gasteiger partial charge in [0, 0.05) is 18.7 Å². The van der Waals surface area contributed by atoms with Crippen LogP contribution in [0.2, 0.25) is 0 Å². The first kappa shape index (κ1) is 16.2. The number of allylic oxidation sites excluding steroid dienone is 1. The van der Waals surface area contributed by atoms with Crippen LogP contribution < -0.4 is 11.2 Å². The van der Waals surface area contributed by atoms with E-state index in [1.165, 1.54) is 0 Å². The lowest BCUT2D eigenvalue weighted by molar-refractivity contribution is -0.112. The first-order chi connectivity index (χ1) is 10.5. The van der Waals surface area contributed by atoms with Gasteiger partial charge in [0.05, 0.1) is 12.1 Å². The average Bonchev–Trinajstić information content (AvgIpc) is 2.48. The number of alkyl halides is 2. The van der Waals surface area contributed by atoms with Crippen LogP contribution in [-0.2, 0) is 4.74 Å². The van der Waals surface area contributed by atoms with E-state index in [4.69, 9.17) is 9.84 Å². The maximum atomic E-state index is 13.6. The summed E-state index contributed by atoms with van der Waals surface area (Å²) in [5.74, 6) is -0.603. The summed E-state index contributed by atoms with van der Waals surface area (Å²) in [4.78, 5) is 25.0. The van der Waals surface area contributed by atoms with Crippen molar-refractivity contribution >= 4 is 0 Å². The largest absolute Gasteiger partial charge is 0.509 e. The highest BCUT2D eigenvalue weighted by molar-refractivity contribution is 5.11. The molecular formula is C13H16F2N2O5. The Morgan fingerprint density at radius 1 is 1.45 bits per heavy atom. The molecule has 0 aliphatic carbocycles. The molecule has 1 aliphatic rings. The van der Waals surface area contributed by atoms with E-state index in [9.17, 15) is 23.5 Å². The molecule has 1 aromatic rings. The van der Waals surface area contributed by atoms with Crippen LogP contribution in [0.4, 0.5) is 8.78 Å². The maximum Gasteiger partial charge on any atom is 0.331 e. The number of aliphatic hydroxyl groups excluding tert-OH is 2. The summed E-state index contributed by atoms with van der Waals surface area (Å²) in [6, 6.07) is 1.04. The summed E-state index contributed by atoms with van der Waals surface area (Å²) in [5, 5.41) is 19.0. The monoisotopic (exact) mass is 318 g/mol. The minimum absolute atomic E-state index is 0.217. The summed E-state index contributed by atoms with van der Waals surface area (Å²) in [6.45, 7) is -2.60. The SMILES string of the molecule is O=c1ccn([C@@H]2OC(CO)=C(O)CC2(CF)CCF)c(=O)[nH]1. The Morgan fingerprint density at radius 2 is 2.18 bits per heavy atom. The van der Waals surface area contributed by atoms with Gasteiger partial charge in [0.2, 0.25) is 0 Å². The summed E-state index contributed by atoms with van der Waals surface area (Å²) in [5.41, 5.74) is -3.01. The lowest BCUT2D eigenvalue weighted by atomic mass is 9.78. The molecule has 2 heterocycles. The van der Waals surface area contributed by atoms with Gasteiger partial charge in [0.15, 0.2) is 12.0 Å². The molecule has 0 aromatic carbocycles. The zero-order valence-electron chi connectivity index (χ0n) is 11.6. The van der Waals surface area contributed by atoms with Crippen LogP contribution in [0.25, 0.3) is 0 Å². The van der Waals surface area contributed by atoms with Crippen LogP contribution in [0.5, 0.6) is 0 Å². The number of halogens is 2. The lowest BCUT2D eigenvalue weighted by Gasteiger charge is -2.42. The van der Waals surface area contributed by atoms with E-state index in [1.807, 2.05) is 4.98 Å². The number of hydrogen-bond donors (Lipinski definition) is 3. The van der Waals surface area contributed by atoms with Crippen LogP contribution in [0, 0.1) is 5.41 Å². The molecule has 9 heteroatoms. The van der Waals surface area contributed by atoms with Gasteiger partial charge in [-0.15, -0.1) is 0 Å². The number of aliphatic hydroxyl groups is 2. The van der Waals surface area contributed by atoms with Gasteiger partial charge in [0.1, 0.15) is 19.0 Å². The Labute approximate surface area is 123 Å². The van der Waals surface area contributed by atoms with Gasteiger partial charge in [-0.2, -0.15) is 0 Å². The Kier molecular flexibility index (Phi) is 4.65. The topological polar surface area (TPSA) is 105 Å². The average molecular weight is 318 g/mol. The molecule has 2 rings (SSSR count). The van der Waals surface area contributed by atoms with E-state index in [0.717, 1.165) is 16.8 Å². The molecule has 0 saturated heterocycles. The molecule has 0 fully saturated rings. The fourth-order valence-electron chi connectivity index (χ4n) is 2.52. The van der Waals surface area contributed by atoms with Gasteiger partial charge in [-0.05, 0) is 6.42 Å². The molecule has 3 N–H and O–H groups in total. The van der Waals surface area contributed by atoms with E-state index >= 15 is 0 Å². The normalized spacial score (nSPS) is 25.1. The second kappa shape index (κ2) is 6.30. The van der Waals surface area contributed by atoms with Gasteiger partial charge in [0.25, 0.3) is 5.56 Å². The van der Waals surface area contributed by atoms with Crippen LogP contribution in [0.1, 0.15) is 19.1 Å². The number of H-pyrrole nitrogens is 1. The van der Waals surface area contributed by atoms with E-state index in [2.05, 4.69) is 0 Å². The molecule has 0 amide bonds. The molecule has 1 unspecified atom stereocenters. The van der Waals surface area contributed by atoms with Gasteiger partial charge < -0.3 is 14.9 Å². The molecule has 122 valence electrons. The number of nitrogens with one attached hydrogen (secondary N) is 1. The predicted molar refractivity (Wildman–Crippen MR) is 71.8 cm³/mol. The van der Waals surface area contributed by atoms with Crippen LogP contribution >= 0.6 is 0 Å². The number of nitrogens with zero attached hydrogens (tertiary/aromatic N) is 1. The summed E-state index contributed by atoms with van der Waals surface area (Å²) >= 11 is 0. The van der Waals surface area contributed by atoms with Gasteiger partial charge in [-0.3, -0.25) is 23.1 Å². The van der Waals surface area contributed by atoms with E-state index in [1.54, 1.807) is 0 Å².